The van der Waals surface area contributed by atoms with Gasteiger partial charge in [-0.3, -0.25) is 19.1 Å². The second-order valence-corrected chi connectivity index (χ2v) is 7.87. The van der Waals surface area contributed by atoms with E-state index >= 15 is 0 Å². The van der Waals surface area contributed by atoms with Gasteiger partial charge in [0.2, 0.25) is 5.58 Å². The first kappa shape index (κ1) is 21.3. The van der Waals surface area contributed by atoms with Crippen LogP contribution in [0, 0.1) is 0 Å². The summed E-state index contributed by atoms with van der Waals surface area (Å²) in [5.74, 6) is 0.377. The molecule has 0 fully saturated rings. The van der Waals surface area contributed by atoms with Crippen molar-refractivity contribution in [1.29, 1.82) is 0 Å². The Morgan fingerprint density at radius 1 is 1.00 bits per heavy atom. The van der Waals surface area contributed by atoms with Crippen molar-refractivity contribution >= 4 is 33.6 Å². The van der Waals surface area contributed by atoms with E-state index in [0.717, 1.165) is 10.9 Å². The number of anilines is 2. The number of nitrogens with one attached hydrogen (secondary N) is 2. The maximum absolute atomic E-state index is 12.8. The molecule has 0 aliphatic rings. The van der Waals surface area contributed by atoms with E-state index in [-0.39, 0.29) is 30.2 Å². The number of rotatable bonds is 6. The lowest BCUT2D eigenvalue weighted by Gasteiger charge is -2.24. The molecule has 3 aromatic heterocycles. The topological polar surface area (TPSA) is 143 Å². The van der Waals surface area contributed by atoms with Gasteiger partial charge in [0.25, 0.3) is 11.1 Å². The number of furan rings is 1. The monoisotopic (exact) mass is 458 g/mol. The molecule has 0 spiro atoms. The van der Waals surface area contributed by atoms with Crippen molar-refractivity contribution in [3.8, 4) is 0 Å². The van der Waals surface area contributed by atoms with E-state index in [9.17, 15) is 14.4 Å². The van der Waals surface area contributed by atoms with Crippen molar-refractivity contribution in [1.82, 2.24) is 19.5 Å². The Morgan fingerprint density at radius 2 is 1.74 bits per heavy atom. The summed E-state index contributed by atoms with van der Waals surface area (Å²) in [6.07, 6.45) is 0. The average Bonchev–Trinajstić information content (AvgIpc) is 3.21. The van der Waals surface area contributed by atoms with E-state index < -0.39 is 16.8 Å². The van der Waals surface area contributed by atoms with Gasteiger partial charge in [-0.1, -0.05) is 42.5 Å². The first-order valence-corrected chi connectivity index (χ1v) is 10.8. The number of nitrogen functional groups attached to an aromatic ring is 1. The fourth-order valence-electron chi connectivity index (χ4n) is 4.06. The summed E-state index contributed by atoms with van der Waals surface area (Å²) in [7, 11) is 0. The van der Waals surface area contributed by atoms with E-state index in [1.54, 1.807) is 11.0 Å². The molecule has 172 valence electrons. The minimum atomic E-state index is -0.606. The van der Waals surface area contributed by atoms with Gasteiger partial charge in [0.15, 0.2) is 0 Å². The summed E-state index contributed by atoms with van der Waals surface area (Å²) in [5.41, 5.74) is 6.87. The van der Waals surface area contributed by atoms with Crippen LogP contribution in [0.5, 0.6) is 0 Å². The average molecular weight is 458 g/mol. The van der Waals surface area contributed by atoms with Crippen LogP contribution in [0.1, 0.15) is 18.3 Å². The van der Waals surface area contributed by atoms with Gasteiger partial charge in [-0.15, -0.1) is 0 Å². The molecular formula is C24H22N6O4. The Morgan fingerprint density at radius 3 is 2.50 bits per heavy atom. The first-order valence-electron chi connectivity index (χ1n) is 10.8. The predicted octanol–water partition coefficient (Wildman–Crippen LogP) is 2.18. The van der Waals surface area contributed by atoms with Gasteiger partial charge in [-0.2, -0.15) is 0 Å². The Kier molecular flexibility index (Phi) is 5.25. The van der Waals surface area contributed by atoms with E-state index in [0.29, 0.717) is 23.5 Å². The minimum absolute atomic E-state index is 0.0386. The fourth-order valence-corrected chi connectivity index (χ4v) is 4.06. The zero-order chi connectivity index (χ0) is 23.8. The smallest absolute Gasteiger partial charge is 0.330 e. The molecule has 5 aromatic rings. The normalized spacial score (nSPS) is 11.3. The van der Waals surface area contributed by atoms with Gasteiger partial charge in [-0.25, -0.2) is 9.78 Å². The van der Waals surface area contributed by atoms with Crippen LogP contribution in [0.25, 0.3) is 22.1 Å². The van der Waals surface area contributed by atoms with Crippen LogP contribution in [-0.2, 0) is 13.1 Å². The summed E-state index contributed by atoms with van der Waals surface area (Å²) < 4.78 is 6.96. The van der Waals surface area contributed by atoms with Gasteiger partial charge in [0.1, 0.15) is 28.4 Å². The van der Waals surface area contributed by atoms with Gasteiger partial charge in [-0.05, 0) is 24.6 Å². The SMILES string of the molecule is CCN(Cc1nc2c(oc3ccccc32)c(=O)[nH]1)c1c(N)n(Cc2ccccc2)c(=O)[nH]c1=O. The van der Waals surface area contributed by atoms with Crippen LogP contribution < -0.4 is 27.4 Å². The molecule has 0 unspecified atom stereocenters. The summed E-state index contributed by atoms with van der Waals surface area (Å²) in [6, 6.07) is 16.6. The maximum Gasteiger partial charge on any atom is 0.330 e. The third kappa shape index (κ3) is 3.64. The lowest BCUT2D eigenvalue weighted by molar-refractivity contribution is 0.657. The molecule has 34 heavy (non-hydrogen) atoms. The molecule has 4 N–H and O–H groups in total. The number of aromatic nitrogens is 4. The van der Waals surface area contributed by atoms with Gasteiger partial charge >= 0.3 is 5.69 Å². The highest BCUT2D eigenvalue weighted by atomic mass is 16.3. The molecule has 0 aliphatic carbocycles. The third-order valence-corrected chi connectivity index (χ3v) is 5.72. The largest absolute Gasteiger partial charge is 0.449 e. The quantitative estimate of drug-likeness (QED) is 0.354. The van der Waals surface area contributed by atoms with E-state index in [1.165, 1.54) is 4.57 Å². The van der Waals surface area contributed by atoms with Crippen molar-refractivity contribution in [2.75, 3.05) is 17.2 Å². The molecule has 0 aliphatic heterocycles. The van der Waals surface area contributed by atoms with Crippen LogP contribution in [0.3, 0.4) is 0 Å². The highest BCUT2D eigenvalue weighted by Gasteiger charge is 2.20. The van der Waals surface area contributed by atoms with E-state index in [1.807, 2.05) is 55.5 Å². The van der Waals surface area contributed by atoms with Crippen molar-refractivity contribution < 1.29 is 4.42 Å². The number of benzene rings is 2. The summed E-state index contributed by atoms with van der Waals surface area (Å²) >= 11 is 0. The Bertz CT molecular complexity index is 1680. The van der Waals surface area contributed by atoms with Crippen LogP contribution in [-0.4, -0.2) is 26.1 Å². The maximum atomic E-state index is 12.8. The van der Waals surface area contributed by atoms with E-state index in [2.05, 4.69) is 15.0 Å². The number of nitrogens with two attached hydrogens (primary N) is 1. The van der Waals surface area contributed by atoms with Gasteiger partial charge < -0.3 is 20.0 Å². The highest BCUT2D eigenvalue weighted by Crippen LogP contribution is 2.25. The summed E-state index contributed by atoms with van der Waals surface area (Å²) in [4.78, 5) is 49.3. The lowest BCUT2D eigenvalue weighted by atomic mass is 10.2. The molecule has 5 rings (SSSR count). The molecule has 0 saturated carbocycles. The number of hydrogen-bond donors (Lipinski definition) is 3. The molecule has 0 bridgehead atoms. The molecular weight excluding hydrogens is 436 g/mol. The van der Waals surface area contributed by atoms with Crippen LogP contribution in [0.4, 0.5) is 11.5 Å². The van der Waals surface area contributed by atoms with Crippen molar-refractivity contribution in [2.45, 2.75) is 20.0 Å². The van der Waals surface area contributed by atoms with Crippen molar-refractivity contribution in [3.63, 3.8) is 0 Å². The van der Waals surface area contributed by atoms with Gasteiger partial charge in [0.05, 0.1) is 13.1 Å². The second-order valence-electron chi connectivity index (χ2n) is 7.87. The Labute approximate surface area is 192 Å². The van der Waals surface area contributed by atoms with Crippen LogP contribution >= 0.6 is 0 Å². The summed E-state index contributed by atoms with van der Waals surface area (Å²) in [6.45, 7) is 2.52. The zero-order valence-corrected chi connectivity index (χ0v) is 18.4. The zero-order valence-electron chi connectivity index (χ0n) is 18.4. The molecule has 0 radical (unpaired) electrons. The van der Waals surface area contributed by atoms with Gasteiger partial charge in [0, 0.05) is 11.9 Å². The minimum Gasteiger partial charge on any atom is -0.449 e. The standard InChI is InChI=1S/C24H22N6O4/c1-2-29(13-17-26-18-15-10-6-7-11-16(15)34-20(18)23(32)27-17)19-21(25)30(24(33)28-22(19)31)12-14-8-4-3-5-9-14/h3-11H,2,12-13,25H2,1H3,(H,26,27,32)(H,28,31,33). The number of aromatic amines is 2. The van der Waals surface area contributed by atoms with Crippen LogP contribution in [0.2, 0.25) is 0 Å². The number of para-hydroxylation sites is 1. The molecule has 3 heterocycles. The lowest BCUT2D eigenvalue weighted by Crippen LogP contribution is -2.38. The molecule has 10 nitrogen and oxygen atoms in total. The number of hydrogen-bond acceptors (Lipinski definition) is 7. The summed E-state index contributed by atoms with van der Waals surface area (Å²) in [5, 5.41) is 0.724. The number of H-pyrrole nitrogens is 2. The molecule has 0 atom stereocenters. The Balaban J connectivity index is 1.57. The highest BCUT2D eigenvalue weighted by molar-refractivity contribution is 6.01. The molecule has 10 heteroatoms. The third-order valence-electron chi connectivity index (χ3n) is 5.72. The fraction of sp³-hybridized carbons (Fsp3) is 0.167. The van der Waals surface area contributed by atoms with Crippen LogP contribution in [0.15, 0.2) is 73.4 Å². The van der Waals surface area contributed by atoms with Crippen molar-refractivity contribution in [3.05, 3.63) is 97.2 Å². The molecule has 2 aromatic carbocycles. The van der Waals surface area contributed by atoms with E-state index in [4.69, 9.17) is 10.2 Å². The first-order chi connectivity index (χ1) is 16.5. The Hall–Kier alpha value is -4.60. The molecule has 0 amide bonds. The molecule has 0 saturated heterocycles. The van der Waals surface area contributed by atoms with Crippen molar-refractivity contribution in [2.24, 2.45) is 0 Å². The number of fused-ring (bicyclic) bond motifs is 3. The second kappa shape index (κ2) is 8.39. The number of nitrogens with zero attached hydrogens (tertiary/aromatic N) is 3. The predicted molar refractivity (Wildman–Crippen MR) is 130 cm³/mol.